The van der Waals surface area contributed by atoms with Crippen LogP contribution in [0.5, 0.6) is 0 Å². The van der Waals surface area contributed by atoms with E-state index in [-0.39, 0.29) is 10.8 Å². The predicted octanol–water partition coefficient (Wildman–Crippen LogP) is 4.24. The molecule has 8 heteroatoms. The average Bonchev–Trinajstić information content (AvgIpc) is 3.13. The zero-order valence-electron chi connectivity index (χ0n) is 15.5. The molecule has 0 fully saturated rings. The summed E-state index contributed by atoms with van der Waals surface area (Å²) >= 11 is 5.84. The summed E-state index contributed by atoms with van der Waals surface area (Å²) in [7, 11) is -3.57. The van der Waals surface area contributed by atoms with E-state index >= 15 is 0 Å². The number of nitrogens with zero attached hydrogens (tertiary/aromatic N) is 2. The highest BCUT2D eigenvalue weighted by Crippen LogP contribution is 2.19. The van der Waals surface area contributed by atoms with Crippen LogP contribution < -0.4 is 5.32 Å². The molecular weight excluding hydrogens is 408 g/mol. The van der Waals surface area contributed by atoms with E-state index in [4.69, 9.17) is 11.6 Å². The number of hydrogen-bond acceptors (Lipinski definition) is 5. The summed E-state index contributed by atoms with van der Waals surface area (Å²) in [5.74, 6) is 0.391. The van der Waals surface area contributed by atoms with Gasteiger partial charge in [0.05, 0.1) is 5.75 Å². The van der Waals surface area contributed by atoms with Gasteiger partial charge in [-0.2, -0.15) is 0 Å². The van der Waals surface area contributed by atoms with E-state index in [1.54, 1.807) is 30.3 Å². The van der Waals surface area contributed by atoms with Crippen molar-refractivity contribution in [2.24, 2.45) is 0 Å². The van der Waals surface area contributed by atoms with Crippen molar-refractivity contribution in [3.05, 3.63) is 83.0 Å². The highest BCUT2D eigenvalue weighted by Gasteiger charge is 2.17. The van der Waals surface area contributed by atoms with Crippen LogP contribution in [0, 0.1) is 0 Å². The summed E-state index contributed by atoms with van der Waals surface area (Å²) in [6.45, 7) is 0.660. The molecule has 0 saturated carbocycles. The zero-order valence-corrected chi connectivity index (χ0v) is 17.0. The van der Waals surface area contributed by atoms with Crippen LogP contribution in [0.2, 0.25) is 5.02 Å². The summed E-state index contributed by atoms with van der Waals surface area (Å²) in [6.07, 6.45) is 2.81. The van der Waals surface area contributed by atoms with Crippen LogP contribution >= 0.6 is 11.6 Å². The Hall–Kier alpha value is -2.90. The number of sulfone groups is 1. The van der Waals surface area contributed by atoms with Gasteiger partial charge >= 0.3 is 0 Å². The quantitative estimate of drug-likeness (QED) is 0.461. The highest BCUT2D eigenvalue weighted by molar-refractivity contribution is 7.90. The Labute approximate surface area is 173 Å². The first-order chi connectivity index (χ1) is 14.0. The van der Waals surface area contributed by atoms with Crippen LogP contribution in [0.15, 0.2) is 71.9 Å². The van der Waals surface area contributed by atoms with Crippen LogP contribution in [0.4, 0.5) is 5.82 Å². The van der Waals surface area contributed by atoms with Crippen molar-refractivity contribution >= 4 is 38.2 Å². The lowest BCUT2D eigenvalue weighted by atomic mass is 10.1. The maximum Gasteiger partial charge on any atom is 0.201 e. The van der Waals surface area contributed by atoms with Crippen molar-refractivity contribution in [2.45, 2.75) is 17.2 Å². The first-order valence-corrected chi connectivity index (χ1v) is 11.1. The Morgan fingerprint density at radius 1 is 0.966 bits per heavy atom. The second kappa shape index (κ2) is 8.23. The number of rotatable bonds is 7. The van der Waals surface area contributed by atoms with Crippen LogP contribution in [-0.2, 0) is 22.0 Å². The van der Waals surface area contributed by atoms with Crippen molar-refractivity contribution in [1.82, 2.24) is 15.2 Å². The maximum absolute atomic E-state index is 12.5. The van der Waals surface area contributed by atoms with Crippen molar-refractivity contribution < 1.29 is 8.42 Å². The van der Waals surface area contributed by atoms with Gasteiger partial charge in [0.25, 0.3) is 0 Å². The van der Waals surface area contributed by atoms with E-state index in [2.05, 4.69) is 26.6 Å². The number of nitrogens with one attached hydrogen (secondary N) is 2. The van der Waals surface area contributed by atoms with E-state index in [0.29, 0.717) is 22.9 Å². The number of hydrogen-bond donors (Lipinski definition) is 2. The Morgan fingerprint density at radius 2 is 1.76 bits per heavy atom. The summed E-state index contributed by atoms with van der Waals surface area (Å²) in [5.41, 5.74) is 2.97. The first-order valence-electron chi connectivity index (χ1n) is 9.11. The molecule has 4 rings (SSSR count). The van der Waals surface area contributed by atoms with E-state index in [0.717, 1.165) is 11.9 Å². The molecule has 0 amide bonds. The van der Waals surface area contributed by atoms with Gasteiger partial charge in [0.2, 0.25) is 9.84 Å². The number of benzene rings is 2. The number of para-hydroxylation sites is 1. The highest BCUT2D eigenvalue weighted by atomic mass is 35.5. The minimum atomic E-state index is -3.57. The number of fused-ring (bicyclic) bond motifs is 1. The normalized spacial score (nSPS) is 11.6. The van der Waals surface area contributed by atoms with Gasteiger partial charge in [-0.3, -0.25) is 0 Å². The minimum absolute atomic E-state index is 0.0466. The maximum atomic E-state index is 12.5. The second-order valence-corrected chi connectivity index (χ2v) is 9.05. The molecule has 0 unspecified atom stereocenters. The SMILES string of the molecule is O=S(=O)(Cc1ccc(Cl)cc1)c1ccc(NCCc2c[nH]c3ccccc23)nn1. The van der Waals surface area contributed by atoms with Gasteiger partial charge in [0, 0.05) is 28.7 Å². The molecule has 29 heavy (non-hydrogen) atoms. The molecule has 2 aromatic heterocycles. The summed E-state index contributed by atoms with van der Waals surface area (Å²) in [4.78, 5) is 3.25. The molecular formula is C21H19ClN4O2S. The topological polar surface area (TPSA) is 87.7 Å². The monoisotopic (exact) mass is 426 g/mol. The summed E-state index contributed by atoms with van der Waals surface area (Å²) < 4.78 is 25.1. The molecule has 0 atom stereocenters. The van der Waals surface area contributed by atoms with Gasteiger partial charge < -0.3 is 10.3 Å². The lowest BCUT2D eigenvalue weighted by Gasteiger charge is -2.07. The fourth-order valence-electron chi connectivity index (χ4n) is 3.12. The molecule has 0 aliphatic rings. The Morgan fingerprint density at radius 3 is 2.52 bits per heavy atom. The summed E-state index contributed by atoms with van der Waals surface area (Å²) in [6, 6.07) is 18.0. The van der Waals surface area contributed by atoms with Crippen molar-refractivity contribution in [3.63, 3.8) is 0 Å². The molecule has 0 aliphatic heterocycles. The van der Waals surface area contributed by atoms with Crippen LogP contribution in [0.25, 0.3) is 10.9 Å². The Kier molecular flexibility index (Phi) is 5.51. The van der Waals surface area contributed by atoms with E-state index in [1.165, 1.54) is 17.0 Å². The second-order valence-electron chi connectivity index (χ2n) is 6.68. The Balaban J connectivity index is 1.37. The number of aromatic nitrogens is 3. The van der Waals surface area contributed by atoms with Crippen molar-refractivity contribution in [1.29, 1.82) is 0 Å². The minimum Gasteiger partial charge on any atom is -0.368 e. The van der Waals surface area contributed by atoms with Gasteiger partial charge in [-0.05, 0) is 47.9 Å². The molecule has 0 saturated heterocycles. The van der Waals surface area contributed by atoms with Crippen LogP contribution in [-0.4, -0.2) is 30.1 Å². The van der Waals surface area contributed by atoms with E-state index in [9.17, 15) is 8.42 Å². The third-order valence-corrected chi connectivity index (χ3v) is 6.42. The molecule has 2 N–H and O–H groups in total. The van der Waals surface area contributed by atoms with Crippen LogP contribution in [0.3, 0.4) is 0 Å². The lowest BCUT2D eigenvalue weighted by molar-refractivity contribution is 0.589. The van der Waals surface area contributed by atoms with Gasteiger partial charge in [-0.1, -0.05) is 41.9 Å². The fraction of sp³-hybridized carbons (Fsp3) is 0.143. The van der Waals surface area contributed by atoms with Crippen molar-refractivity contribution in [2.75, 3.05) is 11.9 Å². The van der Waals surface area contributed by atoms with Gasteiger partial charge in [-0.15, -0.1) is 10.2 Å². The number of anilines is 1. The lowest BCUT2D eigenvalue weighted by Crippen LogP contribution is -2.11. The Bertz CT molecular complexity index is 1220. The smallest absolute Gasteiger partial charge is 0.201 e. The molecule has 0 radical (unpaired) electrons. The zero-order chi connectivity index (χ0) is 20.3. The molecule has 2 aromatic carbocycles. The molecule has 0 bridgehead atoms. The number of H-pyrrole nitrogens is 1. The third-order valence-electron chi connectivity index (χ3n) is 4.60. The van der Waals surface area contributed by atoms with Crippen LogP contribution in [0.1, 0.15) is 11.1 Å². The van der Waals surface area contributed by atoms with Crippen molar-refractivity contribution in [3.8, 4) is 0 Å². The third kappa shape index (κ3) is 4.58. The largest absolute Gasteiger partial charge is 0.368 e. The van der Waals surface area contributed by atoms with Gasteiger partial charge in [0.15, 0.2) is 5.03 Å². The van der Waals surface area contributed by atoms with Gasteiger partial charge in [-0.25, -0.2) is 8.42 Å². The molecule has 4 aromatic rings. The predicted molar refractivity (Wildman–Crippen MR) is 115 cm³/mol. The van der Waals surface area contributed by atoms with E-state index in [1.807, 2.05) is 24.4 Å². The number of halogens is 1. The summed E-state index contributed by atoms with van der Waals surface area (Å²) in [5, 5.41) is 12.8. The molecule has 0 spiro atoms. The van der Waals surface area contributed by atoms with E-state index < -0.39 is 9.84 Å². The fourth-order valence-corrected chi connectivity index (χ4v) is 4.46. The standard InChI is InChI=1S/C21H19ClN4O2S/c22-17-7-5-15(6-8-17)14-29(27,28)21-10-9-20(25-26-21)23-12-11-16-13-24-19-4-2-1-3-18(16)19/h1-10,13,24H,11-12,14H2,(H,23,25). The number of aromatic amines is 1. The first kappa shape index (κ1) is 19.4. The molecule has 148 valence electrons. The molecule has 0 aliphatic carbocycles. The molecule has 2 heterocycles. The molecule has 6 nitrogen and oxygen atoms in total. The van der Waals surface area contributed by atoms with Gasteiger partial charge in [0.1, 0.15) is 5.82 Å². The average molecular weight is 427 g/mol.